The third kappa shape index (κ3) is 9.02. The first-order chi connectivity index (χ1) is 15.1. The molecule has 2 N–H and O–H groups in total. The van der Waals surface area contributed by atoms with Gasteiger partial charge in [0, 0.05) is 52.4 Å². The maximum absolute atomic E-state index is 13.1. The van der Waals surface area contributed by atoms with E-state index < -0.39 is 5.60 Å². The summed E-state index contributed by atoms with van der Waals surface area (Å²) in [5.41, 5.74) is 0.643. The largest absolute Gasteiger partial charge is 0.444 e. The average Bonchev–Trinajstić information content (AvgIpc) is 2.74. The highest BCUT2D eigenvalue weighted by Crippen LogP contribution is 2.15. The highest BCUT2D eigenvalue weighted by Gasteiger charge is 2.23. The number of piperidine rings is 1. The van der Waals surface area contributed by atoms with E-state index in [2.05, 4.69) is 20.5 Å². The van der Waals surface area contributed by atoms with Crippen molar-refractivity contribution in [3.8, 4) is 0 Å². The third-order valence-electron chi connectivity index (χ3n) is 5.67. The Kier molecular flexibility index (Phi) is 9.75. The fourth-order valence-corrected chi connectivity index (χ4v) is 3.58. The number of likely N-dealkylation sites (tertiary alicyclic amines) is 1. The van der Waals surface area contributed by atoms with E-state index in [9.17, 15) is 9.18 Å². The number of benzene rings is 1. The number of aliphatic imine (C=N–C) groups is 1. The molecule has 32 heavy (non-hydrogen) atoms. The van der Waals surface area contributed by atoms with E-state index in [1.165, 1.54) is 12.1 Å². The molecule has 1 fully saturated rings. The Labute approximate surface area is 192 Å². The number of rotatable bonds is 7. The molecule has 1 aromatic carbocycles. The van der Waals surface area contributed by atoms with E-state index in [-0.39, 0.29) is 18.0 Å². The molecule has 0 radical (unpaired) electrons. The topological polar surface area (TPSA) is 69.2 Å². The van der Waals surface area contributed by atoms with E-state index >= 15 is 0 Å². The zero-order chi connectivity index (χ0) is 23.7. The van der Waals surface area contributed by atoms with Crippen molar-refractivity contribution in [2.45, 2.75) is 71.2 Å². The standard InChI is InChI=1S/C24H40FN5O2/c1-18(29(6)23(31)32-24(2,3)4)11-14-27-22(26-5)28-21-12-15-30(16-13-21)17-19-7-9-20(25)10-8-19/h7-10,18,21H,11-17H2,1-6H3,(H2,26,27,28). The van der Waals surface area contributed by atoms with Gasteiger partial charge in [0.1, 0.15) is 11.4 Å². The lowest BCUT2D eigenvalue weighted by Gasteiger charge is -2.33. The van der Waals surface area contributed by atoms with Gasteiger partial charge in [-0.2, -0.15) is 0 Å². The fraction of sp³-hybridized carbons (Fsp3) is 0.667. The van der Waals surface area contributed by atoms with Crippen LogP contribution in [0.25, 0.3) is 0 Å². The molecule has 0 aromatic heterocycles. The van der Waals surface area contributed by atoms with Gasteiger partial charge in [0.15, 0.2) is 5.96 Å². The Morgan fingerprint density at radius 2 is 1.91 bits per heavy atom. The van der Waals surface area contributed by atoms with Gasteiger partial charge in [-0.25, -0.2) is 9.18 Å². The van der Waals surface area contributed by atoms with Crippen molar-refractivity contribution < 1.29 is 13.9 Å². The molecule has 180 valence electrons. The first-order valence-corrected chi connectivity index (χ1v) is 11.5. The van der Waals surface area contributed by atoms with Crippen molar-refractivity contribution in [2.24, 2.45) is 4.99 Å². The molecular formula is C24H40FN5O2. The van der Waals surface area contributed by atoms with Crippen LogP contribution in [0.5, 0.6) is 0 Å². The number of nitrogens with zero attached hydrogens (tertiary/aromatic N) is 3. The lowest BCUT2D eigenvalue weighted by molar-refractivity contribution is 0.0230. The predicted molar refractivity (Wildman–Crippen MR) is 127 cm³/mol. The minimum atomic E-state index is -0.496. The lowest BCUT2D eigenvalue weighted by Crippen LogP contribution is -2.49. The predicted octanol–water partition coefficient (Wildman–Crippen LogP) is 3.60. The molecule has 8 heteroatoms. The first kappa shape index (κ1) is 25.9. The van der Waals surface area contributed by atoms with Gasteiger partial charge in [-0.1, -0.05) is 12.1 Å². The number of amides is 1. The molecule has 1 saturated heterocycles. The minimum absolute atomic E-state index is 0.0464. The Hall–Kier alpha value is -2.35. The number of hydrogen-bond donors (Lipinski definition) is 2. The van der Waals surface area contributed by atoms with Crippen molar-refractivity contribution in [3.05, 3.63) is 35.6 Å². The maximum Gasteiger partial charge on any atom is 0.410 e. The number of carbonyl (C=O) groups excluding carboxylic acids is 1. The molecule has 1 amide bonds. The summed E-state index contributed by atoms with van der Waals surface area (Å²) in [4.78, 5) is 20.6. The molecule has 0 aliphatic carbocycles. The third-order valence-corrected chi connectivity index (χ3v) is 5.67. The number of halogens is 1. The number of nitrogens with one attached hydrogen (secondary N) is 2. The van der Waals surface area contributed by atoms with Crippen LogP contribution in [0.2, 0.25) is 0 Å². The second kappa shape index (κ2) is 12.0. The zero-order valence-electron chi connectivity index (χ0n) is 20.4. The average molecular weight is 450 g/mol. The van der Waals surface area contributed by atoms with E-state index in [1.54, 1.807) is 19.0 Å². The van der Waals surface area contributed by atoms with Crippen LogP contribution in [0.1, 0.15) is 52.5 Å². The molecule has 0 saturated carbocycles. The van der Waals surface area contributed by atoms with Crippen molar-refractivity contribution in [2.75, 3.05) is 33.7 Å². The van der Waals surface area contributed by atoms with E-state index in [0.717, 1.165) is 50.4 Å². The van der Waals surface area contributed by atoms with Gasteiger partial charge in [0.2, 0.25) is 0 Å². The van der Waals surface area contributed by atoms with Crippen LogP contribution < -0.4 is 10.6 Å². The van der Waals surface area contributed by atoms with Crippen LogP contribution in [-0.4, -0.2) is 73.3 Å². The van der Waals surface area contributed by atoms with Gasteiger partial charge < -0.3 is 20.3 Å². The van der Waals surface area contributed by atoms with E-state index in [4.69, 9.17) is 4.74 Å². The molecule has 1 aliphatic heterocycles. The van der Waals surface area contributed by atoms with Crippen LogP contribution in [-0.2, 0) is 11.3 Å². The van der Waals surface area contributed by atoms with Gasteiger partial charge in [-0.3, -0.25) is 9.89 Å². The number of guanidine groups is 1. The van der Waals surface area contributed by atoms with Crippen LogP contribution in [0.4, 0.5) is 9.18 Å². The fourth-order valence-electron chi connectivity index (χ4n) is 3.58. The van der Waals surface area contributed by atoms with Gasteiger partial charge in [-0.05, 0) is 64.7 Å². The smallest absolute Gasteiger partial charge is 0.410 e. The zero-order valence-corrected chi connectivity index (χ0v) is 20.4. The van der Waals surface area contributed by atoms with Crippen molar-refractivity contribution in [1.82, 2.24) is 20.4 Å². The first-order valence-electron chi connectivity index (χ1n) is 11.5. The summed E-state index contributed by atoms with van der Waals surface area (Å²) in [5.74, 6) is 0.593. The van der Waals surface area contributed by atoms with Gasteiger partial charge in [-0.15, -0.1) is 0 Å². The Morgan fingerprint density at radius 3 is 2.47 bits per heavy atom. The molecule has 1 unspecified atom stereocenters. The molecule has 1 aromatic rings. The van der Waals surface area contributed by atoms with Crippen LogP contribution >= 0.6 is 0 Å². The molecule has 1 aliphatic rings. The molecule has 0 bridgehead atoms. The second-order valence-corrected chi connectivity index (χ2v) is 9.55. The summed E-state index contributed by atoms with van der Waals surface area (Å²) >= 11 is 0. The van der Waals surface area contributed by atoms with Crippen LogP contribution in [0.3, 0.4) is 0 Å². The molecule has 1 heterocycles. The Balaban J connectivity index is 1.68. The van der Waals surface area contributed by atoms with E-state index in [1.807, 2.05) is 39.8 Å². The molecule has 7 nitrogen and oxygen atoms in total. The Bertz CT molecular complexity index is 740. The number of carbonyl (C=O) groups is 1. The number of ether oxygens (including phenoxy) is 1. The normalized spacial score (nSPS) is 17.0. The van der Waals surface area contributed by atoms with Gasteiger partial charge >= 0.3 is 6.09 Å². The highest BCUT2D eigenvalue weighted by atomic mass is 19.1. The van der Waals surface area contributed by atoms with Crippen molar-refractivity contribution >= 4 is 12.1 Å². The minimum Gasteiger partial charge on any atom is -0.444 e. The van der Waals surface area contributed by atoms with Crippen molar-refractivity contribution in [1.29, 1.82) is 0 Å². The summed E-state index contributed by atoms with van der Waals surface area (Å²) in [6.45, 7) is 11.2. The molecule has 0 spiro atoms. The molecule has 1 atom stereocenters. The quantitative estimate of drug-likeness (QED) is 0.492. The summed E-state index contributed by atoms with van der Waals surface area (Å²) in [6, 6.07) is 7.16. The van der Waals surface area contributed by atoms with E-state index in [0.29, 0.717) is 12.6 Å². The monoisotopic (exact) mass is 449 g/mol. The van der Waals surface area contributed by atoms with Crippen LogP contribution in [0, 0.1) is 5.82 Å². The SMILES string of the molecule is CN=C(NCCC(C)N(C)C(=O)OC(C)(C)C)NC1CCN(Cc2ccc(F)cc2)CC1. The highest BCUT2D eigenvalue weighted by molar-refractivity contribution is 5.79. The maximum atomic E-state index is 13.1. The number of hydrogen-bond acceptors (Lipinski definition) is 4. The summed E-state index contributed by atoms with van der Waals surface area (Å²) < 4.78 is 18.5. The second-order valence-electron chi connectivity index (χ2n) is 9.55. The van der Waals surface area contributed by atoms with Gasteiger partial charge in [0.25, 0.3) is 0 Å². The molecular weight excluding hydrogens is 409 g/mol. The van der Waals surface area contributed by atoms with Crippen molar-refractivity contribution in [3.63, 3.8) is 0 Å². The van der Waals surface area contributed by atoms with Crippen LogP contribution in [0.15, 0.2) is 29.3 Å². The molecule has 2 rings (SSSR count). The lowest BCUT2D eigenvalue weighted by atomic mass is 10.0. The summed E-state index contributed by atoms with van der Waals surface area (Å²) in [7, 11) is 3.54. The van der Waals surface area contributed by atoms with Gasteiger partial charge in [0.05, 0.1) is 0 Å². The summed E-state index contributed by atoms with van der Waals surface area (Å²) in [5, 5.41) is 6.87. The summed E-state index contributed by atoms with van der Waals surface area (Å²) in [6.07, 6.45) is 2.53. The Morgan fingerprint density at radius 1 is 1.28 bits per heavy atom.